The Morgan fingerprint density at radius 3 is 2.62 bits per heavy atom. The predicted molar refractivity (Wildman–Crippen MR) is 111 cm³/mol. The van der Waals surface area contributed by atoms with Crippen LogP contribution in [-0.2, 0) is 10.4 Å². The first-order valence-electron chi connectivity index (χ1n) is 9.98. The highest BCUT2D eigenvalue weighted by Crippen LogP contribution is 2.30. The first kappa shape index (κ1) is 19.4. The number of aliphatic carboxylic acids is 1. The van der Waals surface area contributed by atoms with Gasteiger partial charge in [-0.2, -0.15) is 4.98 Å². The fourth-order valence-electron chi connectivity index (χ4n) is 4.12. The highest BCUT2D eigenvalue weighted by atomic mass is 16.4. The molecule has 0 spiro atoms. The van der Waals surface area contributed by atoms with E-state index in [2.05, 4.69) is 15.3 Å². The number of carboxylic acids is 1. The molecule has 0 atom stereocenters. The van der Waals surface area contributed by atoms with E-state index in [-0.39, 0.29) is 12.0 Å². The zero-order valence-electron chi connectivity index (χ0n) is 16.7. The van der Waals surface area contributed by atoms with Crippen LogP contribution in [0.25, 0.3) is 16.7 Å². The van der Waals surface area contributed by atoms with E-state index in [1.165, 1.54) is 0 Å². The van der Waals surface area contributed by atoms with Crippen LogP contribution >= 0.6 is 0 Å². The molecule has 7 nitrogen and oxygen atoms in total. The third-order valence-electron chi connectivity index (χ3n) is 5.69. The van der Waals surface area contributed by atoms with Crippen molar-refractivity contribution in [2.75, 3.05) is 5.32 Å². The molecule has 0 radical (unpaired) electrons. The van der Waals surface area contributed by atoms with E-state index in [0.29, 0.717) is 18.8 Å². The Hall–Kier alpha value is -2.93. The number of carbonyl (C=O) groups is 1. The van der Waals surface area contributed by atoms with Gasteiger partial charge in [-0.15, -0.1) is 0 Å². The first-order valence-corrected chi connectivity index (χ1v) is 9.98. The van der Waals surface area contributed by atoms with Crippen LogP contribution in [0.5, 0.6) is 0 Å². The smallest absolute Gasteiger partial charge is 0.306 e. The number of nitrogens with one attached hydrogen (secondary N) is 1. The standard InChI is InChI=1S/C22H26N4O3/c1-22(2,29)17-4-3-5-18-16(17)11-13-26(18)19-10-12-23-21(25-19)24-15-8-6-14(7-9-15)20(27)28/h3-5,10-15,29H,6-9H2,1-2H3,(H,27,28)(H,23,24,25). The summed E-state index contributed by atoms with van der Waals surface area (Å²) in [6.07, 6.45) is 6.62. The van der Waals surface area contributed by atoms with E-state index in [1.807, 2.05) is 41.1 Å². The molecule has 1 aromatic carbocycles. The number of aromatic nitrogens is 3. The van der Waals surface area contributed by atoms with E-state index in [4.69, 9.17) is 5.11 Å². The van der Waals surface area contributed by atoms with E-state index in [0.717, 1.165) is 35.1 Å². The fraction of sp³-hybridized carbons (Fsp3) is 0.409. The van der Waals surface area contributed by atoms with Gasteiger partial charge in [0.15, 0.2) is 0 Å². The van der Waals surface area contributed by atoms with E-state index in [9.17, 15) is 9.90 Å². The summed E-state index contributed by atoms with van der Waals surface area (Å²) in [7, 11) is 0. The lowest BCUT2D eigenvalue weighted by Crippen LogP contribution is -2.29. The van der Waals surface area contributed by atoms with Crippen LogP contribution < -0.4 is 5.32 Å². The Balaban J connectivity index is 1.58. The van der Waals surface area contributed by atoms with Gasteiger partial charge in [0.25, 0.3) is 0 Å². The van der Waals surface area contributed by atoms with Crippen LogP contribution in [0.1, 0.15) is 45.1 Å². The molecule has 1 fully saturated rings. The van der Waals surface area contributed by atoms with Crippen molar-refractivity contribution in [1.29, 1.82) is 0 Å². The number of hydrogen-bond donors (Lipinski definition) is 3. The van der Waals surface area contributed by atoms with E-state index in [1.54, 1.807) is 20.0 Å². The average molecular weight is 394 g/mol. The van der Waals surface area contributed by atoms with Crippen molar-refractivity contribution in [2.45, 2.75) is 51.2 Å². The second-order valence-corrected chi connectivity index (χ2v) is 8.25. The monoisotopic (exact) mass is 394 g/mol. The molecule has 0 bridgehead atoms. The van der Waals surface area contributed by atoms with Crippen LogP contribution in [0.4, 0.5) is 5.95 Å². The Labute approximate surface area is 169 Å². The summed E-state index contributed by atoms with van der Waals surface area (Å²) >= 11 is 0. The zero-order valence-corrected chi connectivity index (χ0v) is 16.7. The van der Waals surface area contributed by atoms with Crippen molar-refractivity contribution in [3.8, 4) is 5.82 Å². The number of hydrogen-bond acceptors (Lipinski definition) is 5. The van der Waals surface area contributed by atoms with Gasteiger partial charge in [0.1, 0.15) is 5.82 Å². The lowest BCUT2D eigenvalue weighted by Gasteiger charge is -2.26. The molecular weight excluding hydrogens is 368 g/mol. The SMILES string of the molecule is CC(C)(O)c1cccc2c1ccn2-c1ccnc(NC2CCC(C(=O)O)CC2)n1. The molecule has 1 saturated carbocycles. The number of nitrogens with zero attached hydrogens (tertiary/aromatic N) is 3. The van der Waals surface area contributed by atoms with Crippen LogP contribution in [0, 0.1) is 5.92 Å². The third kappa shape index (κ3) is 3.96. The maximum Gasteiger partial charge on any atom is 0.306 e. The minimum atomic E-state index is -0.932. The molecule has 3 N–H and O–H groups in total. The topological polar surface area (TPSA) is 100 Å². The molecule has 7 heteroatoms. The summed E-state index contributed by atoms with van der Waals surface area (Å²) in [4.78, 5) is 20.1. The van der Waals surface area contributed by atoms with E-state index < -0.39 is 11.6 Å². The van der Waals surface area contributed by atoms with Crippen molar-refractivity contribution in [2.24, 2.45) is 5.92 Å². The third-order valence-corrected chi connectivity index (χ3v) is 5.69. The minimum absolute atomic E-state index is 0.184. The second-order valence-electron chi connectivity index (χ2n) is 8.25. The number of carboxylic acid groups (broad SMARTS) is 1. The van der Waals surface area contributed by atoms with E-state index >= 15 is 0 Å². The second kappa shape index (κ2) is 7.48. The molecule has 1 aliphatic carbocycles. The number of fused-ring (bicyclic) bond motifs is 1. The summed E-state index contributed by atoms with van der Waals surface area (Å²) < 4.78 is 1.98. The lowest BCUT2D eigenvalue weighted by atomic mass is 9.86. The molecule has 0 aliphatic heterocycles. The van der Waals surface area contributed by atoms with Gasteiger partial charge in [-0.05, 0) is 63.3 Å². The van der Waals surface area contributed by atoms with Gasteiger partial charge in [-0.25, -0.2) is 4.98 Å². The Morgan fingerprint density at radius 2 is 1.93 bits per heavy atom. The van der Waals surface area contributed by atoms with Gasteiger partial charge in [-0.3, -0.25) is 4.79 Å². The molecule has 3 aromatic rings. The summed E-state index contributed by atoms with van der Waals surface area (Å²) in [5.74, 6) is 0.342. The van der Waals surface area contributed by atoms with Crippen molar-refractivity contribution in [3.05, 3.63) is 48.3 Å². The molecule has 0 unspecified atom stereocenters. The summed E-state index contributed by atoms with van der Waals surface area (Å²) in [6, 6.07) is 9.91. The maximum absolute atomic E-state index is 11.1. The van der Waals surface area contributed by atoms with Gasteiger partial charge in [0, 0.05) is 23.8 Å². The van der Waals surface area contributed by atoms with Gasteiger partial charge in [0.05, 0.1) is 17.0 Å². The van der Waals surface area contributed by atoms with Crippen molar-refractivity contribution < 1.29 is 15.0 Å². The summed E-state index contributed by atoms with van der Waals surface area (Å²) in [6.45, 7) is 3.57. The highest BCUT2D eigenvalue weighted by Gasteiger charge is 2.26. The fourth-order valence-corrected chi connectivity index (χ4v) is 4.12. The molecule has 2 aromatic heterocycles. The van der Waals surface area contributed by atoms with Gasteiger partial charge in [0.2, 0.25) is 5.95 Å². The largest absolute Gasteiger partial charge is 0.481 e. The summed E-state index contributed by atoms with van der Waals surface area (Å²) in [5.41, 5.74) is 0.909. The predicted octanol–water partition coefficient (Wildman–Crippen LogP) is 3.70. The molecule has 152 valence electrons. The van der Waals surface area contributed by atoms with Crippen LogP contribution in [0.3, 0.4) is 0 Å². The maximum atomic E-state index is 11.1. The quantitative estimate of drug-likeness (QED) is 0.610. The minimum Gasteiger partial charge on any atom is -0.481 e. The van der Waals surface area contributed by atoms with Crippen molar-refractivity contribution in [1.82, 2.24) is 14.5 Å². The number of benzene rings is 1. The Bertz CT molecular complexity index is 1030. The summed E-state index contributed by atoms with van der Waals surface area (Å²) in [5, 5.41) is 24.0. The van der Waals surface area contributed by atoms with Crippen LogP contribution in [0.15, 0.2) is 42.7 Å². The Kier molecular flexibility index (Phi) is 5.00. The highest BCUT2D eigenvalue weighted by molar-refractivity contribution is 5.85. The normalized spacial score (nSPS) is 20.0. The average Bonchev–Trinajstić information content (AvgIpc) is 3.12. The molecule has 1 aliphatic rings. The van der Waals surface area contributed by atoms with Crippen LogP contribution in [0.2, 0.25) is 0 Å². The molecule has 0 saturated heterocycles. The van der Waals surface area contributed by atoms with Crippen molar-refractivity contribution >= 4 is 22.8 Å². The van der Waals surface area contributed by atoms with Crippen LogP contribution in [-0.4, -0.2) is 36.8 Å². The molecular formula is C22H26N4O3. The number of rotatable bonds is 5. The number of anilines is 1. The first-order chi connectivity index (χ1) is 13.8. The molecule has 2 heterocycles. The zero-order chi connectivity index (χ0) is 20.6. The van der Waals surface area contributed by atoms with Gasteiger partial charge < -0.3 is 20.1 Å². The lowest BCUT2D eigenvalue weighted by molar-refractivity contribution is -0.142. The molecule has 29 heavy (non-hydrogen) atoms. The van der Waals surface area contributed by atoms with Gasteiger partial charge >= 0.3 is 5.97 Å². The van der Waals surface area contributed by atoms with Crippen molar-refractivity contribution in [3.63, 3.8) is 0 Å². The molecule has 0 amide bonds. The Morgan fingerprint density at radius 1 is 1.17 bits per heavy atom. The molecule has 4 rings (SSSR count). The number of aliphatic hydroxyl groups is 1. The van der Waals surface area contributed by atoms with Gasteiger partial charge in [-0.1, -0.05) is 12.1 Å².